The van der Waals surface area contributed by atoms with Gasteiger partial charge in [0.15, 0.2) is 0 Å². The molecule has 1 unspecified atom stereocenters. The first kappa shape index (κ1) is 18.8. The third-order valence-electron chi connectivity index (χ3n) is 4.36. The lowest BCUT2D eigenvalue weighted by molar-refractivity contribution is 0.0673. The Morgan fingerprint density at radius 1 is 1.15 bits per heavy atom. The van der Waals surface area contributed by atoms with Crippen molar-refractivity contribution in [1.29, 1.82) is 0 Å². The van der Waals surface area contributed by atoms with Gasteiger partial charge < -0.3 is 14.5 Å². The Bertz CT molecular complexity index is 721. The van der Waals surface area contributed by atoms with E-state index < -0.39 is 0 Å². The summed E-state index contributed by atoms with van der Waals surface area (Å²) in [4.78, 5) is 17.6. The number of carbonyl (C=O) groups is 1. The number of benzene rings is 2. The van der Waals surface area contributed by atoms with Crippen LogP contribution in [0.5, 0.6) is 11.5 Å². The number of thioether (sulfide) groups is 1. The van der Waals surface area contributed by atoms with Crippen LogP contribution in [0.25, 0.3) is 0 Å². The highest BCUT2D eigenvalue weighted by atomic mass is 32.2. The molecule has 1 saturated heterocycles. The maximum atomic E-state index is 13.4. The highest BCUT2D eigenvalue weighted by molar-refractivity contribution is 7.99. The molecule has 2 aromatic carbocycles. The smallest absolute Gasteiger partial charge is 0.257 e. The van der Waals surface area contributed by atoms with Crippen molar-refractivity contribution in [2.24, 2.45) is 0 Å². The topological polar surface area (TPSA) is 32.8 Å². The Morgan fingerprint density at radius 3 is 2.65 bits per heavy atom. The van der Waals surface area contributed by atoms with Gasteiger partial charge in [0.1, 0.15) is 11.5 Å². The average molecular weight is 371 g/mol. The van der Waals surface area contributed by atoms with Gasteiger partial charge in [-0.2, -0.15) is 11.8 Å². The van der Waals surface area contributed by atoms with Gasteiger partial charge in [-0.25, -0.2) is 0 Å². The molecule has 0 radical (unpaired) electrons. The second kappa shape index (κ2) is 9.10. The monoisotopic (exact) mass is 370 g/mol. The van der Waals surface area contributed by atoms with Gasteiger partial charge in [-0.3, -0.25) is 4.79 Å². The molecular weight excluding hydrogens is 344 g/mol. The van der Waals surface area contributed by atoms with Gasteiger partial charge >= 0.3 is 0 Å². The third kappa shape index (κ3) is 4.80. The molecule has 2 aromatic rings. The highest BCUT2D eigenvalue weighted by Gasteiger charge is 2.28. The van der Waals surface area contributed by atoms with Crippen LogP contribution < -0.4 is 4.74 Å². The fourth-order valence-electron chi connectivity index (χ4n) is 3.17. The average Bonchev–Trinajstić information content (AvgIpc) is 2.87. The Labute approximate surface area is 160 Å². The summed E-state index contributed by atoms with van der Waals surface area (Å²) in [6.07, 6.45) is 1.03. The molecule has 1 fully saturated rings. The highest BCUT2D eigenvalue weighted by Crippen LogP contribution is 2.28. The largest absolute Gasteiger partial charge is 0.457 e. The predicted molar refractivity (Wildman–Crippen MR) is 108 cm³/mol. The fourth-order valence-corrected chi connectivity index (χ4v) is 4.23. The zero-order valence-corrected chi connectivity index (χ0v) is 16.2. The fraction of sp³-hybridized carbons (Fsp3) is 0.381. The standard InChI is InChI=1S/C21H26N2O2S/c1-22(2)15-17-16-26-14-8-13-23(17)21(24)19-11-6-7-12-20(19)25-18-9-4-3-5-10-18/h3-7,9-12,17H,8,13-16H2,1-2H3. The molecule has 5 heteroatoms. The van der Waals surface area contributed by atoms with Gasteiger partial charge in [0.25, 0.3) is 5.91 Å². The van der Waals surface area contributed by atoms with E-state index in [1.165, 1.54) is 0 Å². The summed E-state index contributed by atoms with van der Waals surface area (Å²) < 4.78 is 6.01. The number of ether oxygens (including phenoxy) is 1. The number of para-hydroxylation sites is 2. The first-order valence-corrected chi connectivity index (χ1v) is 10.2. The molecule has 0 bridgehead atoms. The Morgan fingerprint density at radius 2 is 1.88 bits per heavy atom. The summed E-state index contributed by atoms with van der Waals surface area (Å²) in [6.45, 7) is 1.67. The quantitative estimate of drug-likeness (QED) is 0.797. The van der Waals surface area contributed by atoms with Gasteiger partial charge in [-0.05, 0) is 50.5 Å². The molecule has 0 saturated carbocycles. The van der Waals surface area contributed by atoms with Crippen LogP contribution in [-0.4, -0.2) is 60.4 Å². The zero-order valence-electron chi connectivity index (χ0n) is 15.4. The summed E-state index contributed by atoms with van der Waals surface area (Å²) in [5.74, 6) is 3.50. The van der Waals surface area contributed by atoms with Crippen LogP contribution in [0.1, 0.15) is 16.8 Å². The first-order valence-electron chi connectivity index (χ1n) is 9.00. The molecule has 3 rings (SSSR count). The van der Waals surface area contributed by atoms with Crippen LogP contribution in [0.4, 0.5) is 0 Å². The molecule has 1 heterocycles. The predicted octanol–water partition coefficient (Wildman–Crippen LogP) is 3.99. The minimum absolute atomic E-state index is 0.0610. The van der Waals surface area contributed by atoms with E-state index in [9.17, 15) is 4.79 Å². The molecule has 1 amide bonds. The summed E-state index contributed by atoms with van der Waals surface area (Å²) in [5.41, 5.74) is 0.631. The number of rotatable bonds is 5. The molecule has 4 nitrogen and oxygen atoms in total. The Kier molecular flexibility index (Phi) is 6.58. The van der Waals surface area contributed by atoms with E-state index in [0.717, 1.165) is 36.8 Å². The SMILES string of the molecule is CN(C)CC1CSCCCN1C(=O)c1ccccc1Oc1ccccc1. The number of hydrogen-bond acceptors (Lipinski definition) is 4. The zero-order chi connectivity index (χ0) is 18.4. The van der Waals surface area contributed by atoms with Crippen LogP contribution in [0.3, 0.4) is 0 Å². The van der Waals surface area contributed by atoms with Crippen molar-refractivity contribution in [2.45, 2.75) is 12.5 Å². The van der Waals surface area contributed by atoms with E-state index in [4.69, 9.17) is 4.74 Å². The summed E-state index contributed by atoms with van der Waals surface area (Å²) in [7, 11) is 4.12. The second-order valence-corrected chi connectivity index (χ2v) is 7.90. The lowest BCUT2D eigenvalue weighted by Crippen LogP contribution is -2.46. The lowest BCUT2D eigenvalue weighted by atomic mass is 10.1. The van der Waals surface area contributed by atoms with Gasteiger partial charge in [-0.1, -0.05) is 30.3 Å². The van der Waals surface area contributed by atoms with Crippen LogP contribution >= 0.6 is 11.8 Å². The van der Waals surface area contributed by atoms with Gasteiger partial charge in [0.05, 0.1) is 11.6 Å². The molecule has 1 aliphatic heterocycles. The van der Waals surface area contributed by atoms with E-state index in [-0.39, 0.29) is 11.9 Å². The maximum absolute atomic E-state index is 13.4. The molecule has 26 heavy (non-hydrogen) atoms. The van der Waals surface area contributed by atoms with Crippen LogP contribution in [0.15, 0.2) is 54.6 Å². The van der Waals surface area contributed by atoms with Crippen LogP contribution in [-0.2, 0) is 0 Å². The second-order valence-electron chi connectivity index (χ2n) is 6.75. The number of carbonyl (C=O) groups excluding carboxylic acids is 1. The van der Waals surface area contributed by atoms with Crippen molar-refractivity contribution in [3.05, 3.63) is 60.2 Å². The molecular formula is C21H26N2O2S. The molecule has 1 atom stereocenters. The minimum Gasteiger partial charge on any atom is -0.457 e. The van der Waals surface area contributed by atoms with Crippen LogP contribution in [0.2, 0.25) is 0 Å². The van der Waals surface area contributed by atoms with Gasteiger partial charge in [0, 0.05) is 18.8 Å². The Hall–Kier alpha value is -1.98. The normalized spacial score (nSPS) is 17.8. The van der Waals surface area contributed by atoms with Crippen molar-refractivity contribution in [3.63, 3.8) is 0 Å². The van der Waals surface area contributed by atoms with Crippen molar-refractivity contribution in [3.8, 4) is 11.5 Å². The molecule has 0 spiro atoms. The molecule has 138 valence electrons. The van der Waals surface area contributed by atoms with E-state index in [0.29, 0.717) is 11.3 Å². The van der Waals surface area contributed by atoms with Crippen molar-refractivity contribution in [1.82, 2.24) is 9.80 Å². The van der Waals surface area contributed by atoms with Crippen molar-refractivity contribution < 1.29 is 9.53 Å². The molecule has 0 N–H and O–H groups in total. The van der Waals surface area contributed by atoms with Gasteiger partial charge in [0.2, 0.25) is 0 Å². The summed E-state index contributed by atoms with van der Waals surface area (Å²) in [5, 5.41) is 0. The van der Waals surface area contributed by atoms with Gasteiger partial charge in [-0.15, -0.1) is 0 Å². The number of likely N-dealkylation sites (N-methyl/N-ethyl adjacent to an activating group) is 1. The number of hydrogen-bond donors (Lipinski definition) is 0. The number of nitrogens with zero attached hydrogens (tertiary/aromatic N) is 2. The lowest BCUT2D eigenvalue weighted by Gasteiger charge is -2.32. The van der Waals surface area contributed by atoms with E-state index in [1.807, 2.05) is 71.3 Å². The first-order chi connectivity index (χ1) is 12.6. The molecule has 0 aliphatic carbocycles. The summed E-state index contributed by atoms with van der Waals surface area (Å²) in [6, 6.07) is 17.4. The van der Waals surface area contributed by atoms with E-state index >= 15 is 0 Å². The number of amides is 1. The maximum Gasteiger partial charge on any atom is 0.257 e. The molecule has 0 aromatic heterocycles. The van der Waals surface area contributed by atoms with Crippen molar-refractivity contribution >= 4 is 17.7 Å². The summed E-state index contributed by atoms with van der Waals surface area (Å²) >= 11 is 1.94. The Balaban J connectivity index is 1.85. The van der Waals surface area contributed by atoms with Crippen molar-refractivity contribution in [2.75, 3.05) is 38.7 Å². The van der Waals surface area contributed by atoms with E-state index in [1.54, 1.807) is 0 Å². The van der Waals surface area contributed by atoms with Crippen LogP contribution in [0, 0.1) is 0 Å². The molecule has 1 aliphatic rings. The third-order valence-corrected chi connectivity index (χ3v) is 5.56. The minimum atomic E-state index is 0.0610. The van der Waals surface area contributed by atoms with E-state index in [2.05, 4.69) is 19.0 Å².